The minimum absolute atomic E-state index is 0.0938. The van der Waals surface area contributed by atoms with Gasteiger partial charge < -0.3 is 5.32 Å². The first-order valence-electron chi connectivity index (χ1n) is 5.95. The lowest BCUT2D eigenvalue weighted by Crippen LogP contribution is -2.48. The molecule has 0 amide bonds. The molecule has 1 saturated heterocycles. The lowest BCUT2D eigenvalue weighted by Gasteiger charge is -2.31. The Morgan fingerprint density at radius 2 is 2.12 bits per heavy atom. The van der Waals surface area contributed by atoms with Gasteiger partial charge >= 0.3 is 0 Å². The first-order valence-corrected chi connectivity index (χ1v) is 5.95. The zero-order chi connectivity index (χ0) is 12.7. The van der Waals surface area contributed by atoms with Gasteiger partial charge in [0.1, 0.15) is 5.82 Å². The molecule has 0 aromatic heterocycles. The SMILES string of the molecule is C=C.C[C@H]1CN(Cc2ccccc2F)CCN1. The van der Waals surface area contributed by atoms with Gasteiger partial charge in [-0.15, -0.1) is 13.2 Å². The zero-order valence-electron chi connectivity index (χ0n) is 10.5. The van der Waals surface area contributed by atoms with Gasteiger partial charge in [-0.1, -0.05) is 18.2 Å². The molecule has 3 heteroatoms. The van der Waals surface area contributed by atoms with E-state index in [4.69, 9.17) is 0 Å². The van der Waals surface area contributed by atoms with Crippen molar-refractivity contribution in [2.24, 2.45) is 0 Å². The van der Waals surface area contributed by atoms with Crippen LogP contribution in [0.4, 0.5) is 4.39 Å². The molecule has 0 saturated carbocycles. The number of hydrogen-bond donors (Lipinski definition) is 1. The summed E-state index contributed by atoms with van der Waals surface area (Å²) < 4.78 is 13.4. The van der Waals surface area contributed by atoms with E-state index in [1.807, 2.05) is 12.1 Å². The van der Waals surface area contributed by atoms with Crippen molar-refractivity contribution in [1.82, 2.24) is 10.2 Å². The normalized spacial score (nSPS) is 20.5. The second kappa shape index (κ2) is 7.20. The molecule has 1 fully saturated rings. The molecule has 0 unspecified atom stereocenters. The molecule has 1 heterocycles. The van der Waals surface area contributed by atoms with Crippen LogP contribution in [0.1, 0.15) is 12.5 Å². The average Bonchev–Trinajstić information content (AvgIpc) is 2.35. The third-order valence-corrected chi connectivity index (χ3v) is 2.80. The third-order valence-electron chi connectivity index (χ3n) is 2.80. The van der Waals surface area contributed by atoms with Gasteiger partial charge in [-0.25, -0.2) is 4.39 Å². The molecule has 1 N–H and O–H groups in total. The highest BCUT2D eigenvalue weighted by molar-refractivity contribution is 5.17. The maximum atomic E-state index is 13.4. The first-order chi connectivity index (χ1) is 8.25. The van der Waals surface area contributed by atoms with Gasteiger partial charge in [0.2, 0.25) is 0 Å². The summed E-state index contributed by atoms with van der Waals surface area (Å²) in [7, 11) is 0. The Bertz CT molecular complexity index is 341. The van der Waals surface area contributed by atoms with Crippen LogP contribution in [0.15, 0.2) is 37.4 Å². The van der Waals surface area contributed by atoms with Crippen molar-refractivity contribution >= 4 is 0 Å². The fourth-order valence-electron chi connectivity index (χ4n) is 2.02. The van der Waals surface area contributed by atoms with E-state index < -0.39 is 0 Å². The molecule has 0 aliphatic carbocycles. The smallest absolute Gasteiger partial charge is 0.127 e. The average molecular weight is 236 g/mol. The van der Waals surface area contributed by atoms with E-state index in [0.717, 1.165) is 31.7 Å². The fourth-order valence-corrected chi connectivity index (χ4v) is 2.02. The molecule has 0 radical (unpaired) electrons. The predicted molar refractivity (Wildman–Crippen MR) is 70.4 cm³/mol. The molecule has 1 aromatic rings. The van der Waals surface area contributed by atoms with Gasteiger partial charge in [0.25, 0.3) is 0 Å². The van der Waals surface area contributed by atoms with Crippen LogP contribution < -0.4 is 5.32 Å². The maximum Gasteiger partial charge on any atom is 0.127 e. The summed E-state index contributed by atoms with van der Waals surface area (Å²) >= 11 is 0. The van der Waals surface area contributed by atoms with E-state index in [2.05, 4.69) is 30.3 Å². The summed E-state index contributed by atoms with van der Waals surface area (Å²) in [6, 6.07) is 7.53. The van der Waals surface area contributed by atoms with Crippen LogP contribution in [0.3, 0.4) is 0 Å². The molecular weight excluding hydrogens is 215 g/mol. The Hall–Kier alpha value is -1.19. The highest BCUT2D eigenvalue weighted by Gasteiger charge is 2.16. The topological polar surface area (TPSA) is 15.3 Å². The minimum atomic E-state index is -0.0938. The number of nitrogens with one attached hydrogen (secondary N) is 1. The molecule has 0 bridgehead atoms. The Morgan fingerprint density at radius 1 is 1.41 bits per heavy atom. The fraction of sp³-hybridized carbons (Fsp3) is 0.429. The summed E-state index contributed by atoms with van der Waals surface area (Å²) in [6.07, 6.45) is 0. The first kappa shape index (κ1) is 13.9. The predicted octanol–water partition coefficient (Wildman–Crippen LogP) is 2.42. The number of benzene rings is 1. The van der Waals surface area contributed by atoms with Crippen molar-refractivity contribution in [3.8, 4) is 0 Å². The van der Waals surface area contributed by atoms with Gasteiger partial charge in [0.05, 0.1) is 0 Å². The number of rotatable bonds is 2. The van der Waals surface area contributed by atoms with E-state index in [0.29, 0.717) is 6.04 Å². The summed E-state index contributed by atoms with van der Waals surface area (Å²) in [4.78, 5) is 2.29. The van der Waals surface area contributed by atoms with E-state index in [1.165, 1.54) is 6.07 Å². The monoisotopic (exact) mass is 236 g/mol. The van der Waals surface area contributed by atoms with Crippen molar-refractivity contribution in [3.63, 3.8) is 0 Å². The van der Waals surface area contributed by atoms with E-state index in [1.54, 1.807) is 6.07 Å². The number of nitrogens with zero attached hydrogens (tertiary/aromatic N) is 1. The van der Waals surface area contributed by atoms with E-state index >= 15 is 0 Å². The molecule has 1 aromatic carbocycles. The van der Waals surface area contributed by atoms with E-state index in [9.17, 15) is 4.39 Å². The van der Waals surface area contributed by atoms with Crippen LogP contribution in [0.25, 0.3) is 0 Å². The highest BCUT2D eigenvalue weighted by Crippen LogP contribution is 2.11. The summed E-state index contributed by atoms with van der Waals surface area (Å²) in [5, 5.41) is 3.38. The van der Waals surface area contributed by atoms with Crippen molar-refractivity contribution in [3.05, 3.63) is 48.8 Å². The van der Waals surface area contributed by atoms with Gasteiger partial charge in [0, 0.05) is 37.8 Å². The maximum absolute atomic E-state index is 13.4. The third kappa shape index (κ3) is 4.29. The van der Waals surface area contributed by atoms with Gasteiger partial charge in [-0.3, -0.25) is 4.90 Å². The van der Waals surface area contributed by atoms with Crippen LogP contribution in [-0.4, -0.2) is 30.6 Å². The van der Waals surface area contributed by atoms with Crippen molar-refractivity contribution in [2.45, 2.75) is 19.5 Å². The molecule has 2 nitrogen and oxygen atoms in total. The van der Waals surface area contributed by atoms with Gasteiger partial charge in [0.15, 0.2) is 0 Å². The van der Waals surface area contributed by atoms with Crippen molar-refractivity contribution in [1.29, 1.82) is 0 Å². The lowest BCUT2D eigenvalue weighted by atomic mass is 10.1. The molecule has 1 aliphatic rings. The quantitative estimate of drug-likeness (QED) is 0.793. The number of piperazine rings is 1. The van der Waals surface area contributed by atoms with Crippen LogP contribution in [0.5, 0.6) is 0 Å². The number of halogens is 1. The van der Waals surface area contributed by atoms with Crippen LogP contribution in [-0.2, 0) is 6.54 Å². The summed E-state index contributed by atoms with van der Waals surface area (Å²) in [5.74, 6) is -0.0938. The highest BCUT2D eigenvalue weighted by atomic mass is 19.1. The van der Waals surface area contributed by atoms with Gasteiger partial charge in [-0.05, 0) is 13.0 Å². The Kier molecular flexibility index (Phi) is 5.87. The second-order valence-electron chi connectivity index (χ2n) is 4.18. The molecule has 0 spiro atoms. The Labute approximate surface area is 103 Å². The molecule has 94 valence electrons. The minimum Gasteiger partial charge on any atom is -0.312 e. The zero-order valence-corrected chi connectivity index (χ0v) is 10.5. The summed E-state index contributed by atoms with van der Waals surface area (Å²) in [6.45, 7) is 11.9. The lowest BCUT2D eigenvalue weighted by molar-refractivity contribution is 0.197. The molecule has 1 aliphatic heterocycles. The standard InChI is InChI=1S/C12H17FN2.C2H4/c1-10-8-15(7-6-14-10)9-11-4-2-3-5-12(11)13;1-2/h2-5,10,14H,6-9H2,1H3;1-2H2/t10-;/m0./s1. The molecule has 1 atom stereocenters. The van der Waals surface area contributed by atoms with Crippen LogP contribution in [0, 0.1) is 5.82 Å². The summed E-state index contributed by atoms with van der Waals surface area (Å²) in [5.41, 5.74) is 0.798. The van der Waals surface area contributed by atoms with Crippen molar-refractivity contribution < 1.29 is 4.39 Å². The second-order valence-corrected chi connectivity index (χ2v) is 4.18. The van der Waals surface area contributed by atoms with Crippen LogP contribution in [0.2, 0.25) is 0 Å². The molecule has 2 rings (SSSR count). The number of hydrogen-bond acceptors (Lipinski definition) is 2. The molecule has 17 heavy (non-hydrogen) atoms. The van der Waals surface area contributed by atoms with Crippen LogP contribution >= 0.6 is 0 Å². The Balaban J connectivity index is 0.000000686. The largest absolute Gasteiger partial charge is 0.312 e. The Morgan fingerprint density at radius 3 is 2.76 bits per heavy atom. The van der Waals surface area contributed by atoms with Gasteiger partial charge in [-0.2, -0.15) is 0 Å². The van der Waals surface area contributed by atoms with Crippen molar-refractivity contribution in [2.75, 3.05) is 19.6 Å². The molecular formula is C14H21FN2. The van der Waals surface area contributed by atoms with E-state index in [-0.39, 0.29) is 5.82 Å².